The molecule has 0 bridgehead atoms. The molecule has 0 unspecified atom stereocenters. The Labute approximate surface area is 144 Å². The molecule has 1 N–H and O–H groups in total. The SMILES string of the molecule is O=C(COc1ccccc1Cl)NCCn1nc2c(cc1=O)CCC2. The van der Waals surface area contributed by atoms with Gasteiger partial charge in [0.1, 0.15) is 5.75 Å². The third kappa shape index (κ3) is 3.94. The largest absolute Gasteiger partial charge is 0.482 e. The van der Waals surface area contributed by atoms with Crippen LogP contribution in [-0.4, -0.2) is 28.8 Å². The Morgan fingerprint density at radius 3 is 3.00 bits per heavy atom. The highest BCUT2D eigenvalue weighted by molar-refractivity contribution is 6.32. The van der Waals surface area contributed by atoms with Crippen LogP contribution in [-0.2, 0) is 24.2 Å². The van der Waals surface area contributed by atoms with E-state index in [2.05, 4.69) is 10.4 Å². The van der Waals surface area contributed by atoms with E-state index in [4.69, 9.17) is 16.3 Å². The van der Waals surface area contributed by atoms with Gasteiger partial charge in [-0.25, -0.2) is 4.68 Å². The van der Waals surface area contributed by atoms with Crippen LogP contribution in [0.3, 0.4) is 0 Å². The zero-order valence-electron chi connectivity index (χ0n) is 13.1. The van der Waals surface area contributed by atoms with Gasteiger partial charge in [0.15, 0.2) is 6.61 Å². The summed E-state index contributed by atoms with van der Waals surface area (Å²) in [5, 5.41) is 7.53. The molecule has 0 fully saturated rings. The zero-order chi connectivity index (χ0) is 16.9. The molecule has 0 aliphatic heterocycles. The fraction of sp³-hybridized carbons (Fsp3) is 0.353. The molecular formula is C17H18ClN3O3. The maximum absolute atomic E-state index is 12.0. The summed E-state index contributed by atoms with van der Waals surface area (Å²) in [6, 6.07) is 8.61. The van der Waals surface area contributed by atoms with Gasteiger partial charge in [-0.15, -0.1) is 0 Å². The Hall–Kier alpha value is -2.34. The van der Waals surface area contributed by atoms with Gasteiger partial charge in [0.25, 0.3) is 11.5 Å². The second-order valence-corrected chi connectivity index (χ2v) is 6.01. The minimum Gasteiger partial charge on any atom is -0.482 e. The Bertz CT molecular complexity index is 804. The smallest absolute Gasteiger partial charge is 0.267 e. The summed E-state index contributed by atoms with van der Waals surface area (Å²) in [5.74, 6) is 0.190. The second kappa shape index (κ2) is 7.49. The lowest BCUT2D eigenvalue weighted by molar-refractivity contribution is -0.123. The lowest BCUT2D eigenvalue weighted by Crippen LogP contribution is -2.34. The first-order valence-electron chi connectivity index (χ1n) is 7.87. The number of nitrogens with one attached hydrogen (secondary N) is 1. The highest BCUT2D eigenvalue weighted by Crippen LogP contribution is 2.22. The predicted molar refractivity (Wildman–Crippen MR) is 90.5 cm³/mol. The molecule has 1 aliphatic carbocycles. The highest BCUT2D eigenvalue weighted by Gasteiger charge is 2.14. The van der Waals surface area contributed by atoms with Crippen LogP contribution in [0.5, 0.6) is 5.75 Å². The number of aryl methyl sites for hydroxylation is 2. The van der Waals surface area contributed by atoms with E-state index in [0.717, 1.165) is 30.5 Å². The molecule has 1 aromatic heterocycles. The summed E-state index contributed by atoms with van der Waals surface area (Å²) >= 11 is 5.95. The number of para-hydroxylation sites is 1. The van der Waals surface area contributed by atoms with Gasteiger partial charge in [0.2, 0.25) is 0 Å². The van der Waals surface area contributed by atoms with Crippen molar-refractivity contribution in [3.63, 3.8) is 0 Å². The molecule has 0 spiro atoms. The summed E-state index contributed by atoms with van der Waals surface area (Å²) in [5.41, 5.74) is 1.91. The van der Waals surface area contributed by atoms with Crippen LogP contribution in [0.1, 0.15) is 17.7 Å². The molecule has 2 aromatic rings. The first-order chi connectivity index (χ1) is 11.6. The Morgan fingerprint density at radius 1 is 1.33 bits per heavy atom. The van der Waals surface area contributed by atoms with Crippen LogP contribution in [0.15, 0.2) is 35.1 Å². The molecule has 6 nitrogen and oxygen atoms in total. The first kappa shape index (κ1) is 16.5. The van der Waals surface area contributed by atoms with Gasteiger partial charge in [-0.1, -0.05) is 23.7 Å². The molecular weight excluding hydrogens is 330 g/mol. The van der Waals surface area contributed by atoms with Crippen molar-refractivity contribution in [3.8, 4) is 5.75 Å². The number of ether oxygens (including phenoxy) is 1. The van der Waals surface area contributed by atoms with Crippen LogP contribution in [0.25, 0.3) is 0 Å². The second-order valence-electron chi connectivity index (χ2n) is 5.60. The molecule has 0 saturated carbocycles. The van der Waals surface area contributed by atoms with Crippen molar-refractivity contribution in [1.29, 1.82) is 0 Å². The lowest BCUT2D eigenvalue weighted by atomic mass is 10.2. The van der Waals surface area contributed by atoms with Crippen molar-refractivity contribution in [2.75, 3.05) is 13.2 Å². The topological polar surface area (TPSA) is 73.2 Å². The fourth-order valence-electron chi connectivity index (χ4n) is 2.66. The standard InChI is InChI=1S/C17H18ClN3O3/c18-13-5-1-2-7-15(13)24-11-16(22)19-8-9-21-17(23)10-12-4-3-6-14(12)20-21/h1-2,5,7,10H,3-4,6,8-9,11H2,(H,19,22). The highest BCUT2D eigenvalue weighted by atomic mass is 35.5. The molecule has 126 valence electrons. The molecule has 7 heteroatoms. The number of benzene rings is 1. The lowest BCUT2D eigenvalue weighted by Gasteiger charge is -2.10. The third-order valence-electron chi connectivity index (χ3n) is 3.87. The quantitative estimate of drug-likeness (QED) is 0.861. The fourth-order valence-corrected chi connectivity index (χ4v) is 2.85. The summed E-state index contributed by atoms with van der Waals surface area (Å²) < 4.78 is 6.76. The van der Waals surface area contributed by atoms with Crippen LogP contribution in [0.4, 0.5) is 0 Å². The van der Waals surface area contributed by atoms with Gasteiger partial charge in [0.05, 0.1) is 17.3 Å². The monoisotopic (exact) mass is 347 g/mol. The van der Waals surface area contributed by atoms with Crippen molar-refractivity contribution in [3.05, 3.63) is 57.0 Å². The molecule has 1 aliphatic rings. The molecule has 0 atom stereocenters. The number of rotatable bonds is 6. The van der Waals surface area contributed by atoms with Crippen LogP contribution in [0, 0.1) is 0 Å². The number of amides is 1. The van der Waals surface area contributed by atoms with Gasteiger partial charge in [0, 0.05) is 12.6 Å². The predicted octanol–water partition coefficient (Wildman–Crippen LogP) is 1.58. The number of nitrogens with zero attached hydrogens (tertiary/aromatic N) is 2. The molecule has 1 amide bonds. The Morgan fingerprint density at radius 2 is 2.17 bits per heavy atom. The van der Waals surface area contributed by atoms with E-state index in [1.54, 1.807) is 30.3 Å². The van der Waals surface area contributed by atoms with E-state index >= 15 is 0 Å². The summed E-state index contributed by atoms with van der Waals surface area (Å²) in [4.78, 5) is 23.8. The van der Waals surface area contributed by atoms with Gasteiger partial charge in [-0.3, -0.25) is 9.59 Å². The zero-order valence-corrected chi connectivity index (χ0v) is 13.9. The van der Waals surface area contributed by atoms with E-state index in [1.807, 2.05) is 0 Å². The maximum Gasteiger partial charge on any atom is 0.267 e. The van der Waals surface area contributed by atoms with Crippen molar-refractivity contribution in [2.24, 2.45) is 0 Å². The van der Waals surface area contributed by atoms with Crippen molar-refractivity contribution in [1.82, 2.24) is 15.1 Å². The number of halogens is 1. The van der Waals surface area contributed by atoms with Gasteiger partial charge in [-0.05, 0) is 37.0 Å². The van der Waals surface area contributed by atoms with Gasteiger partial charge in [-0.2, -0.15) is 5.10 Å². The minimum atomic E-state index is -0.274. The summed E-state index contributed by atoms with van der Waals surface area (Å²) in [7, 11) is 0. The Balaban J connectivity index is 1.47. The van der Waals surface area contributed by atoms with E-state index in [-0.39, 0.29) is 18.1 Å². The molecule has 1 aromatic carbocycles. The molecule has 0 saturated heterocycles. The van der Waals surface area contributed by atoms with E-state index in [1.165, 1.54) is 4.68 Å². The van der Waals surface area contributed by atoms with E-state index in [9.17, 15) is 9.59 Å². The normalized spacial score (nSPS) is 12.7. The average molecular weight is 348 g/mol. The van der Waals surface area contributed by atoms with Crippen molar-refractivity contribution in [2.45, 2.75) is 25.8 Å². The first-order valence-corrected chi connectivity index (χ1v) is 8.25. The van der Waals surface area contributed by atoms with Crippen LogP contribution >= 0.6 is 11.6 Å². The average Bonchev–Trinajstić information content (AvgIpc) is 3.01. The van der Waals surface area contributed by atoms with Crippen LogP contribution < -0.4 is 15.6 Å². The maximum atomic E-state index is 12.0. The third-order valence-corrected chi connectivity index (χ3v) is 4.18. The number of carbonyl (C=O) groups is 1. The number of hydrogen-bond acceptors (Lipinski definition) is 4. The summed E-state index contributed by atoms with van der Waals surface area (Å²) in [6.07, 6.45) is 2.88. The van der Waals surface area contributed by atoms with E-state index in [0.29, 0.717) is 23.9 Å². The van der Waals surface area contributed by atoms with Crippen molar-refractivity contribution < 1.29 is 9.53 Å². The number of hydrogen-bond donors (Lipinski definition) is 1. The molecule has 1 heterocycles. The molecule has 3 rings (SSSR count). The minimum absolute atomic E-state index is 0.128. The van der Waals surface area contributed by atoms with Gasteiger partial charge < -0.3 is 10.1 Å². The van der Waals surface area contributed by atoms with Crippen molar-refractivity contribution >= 4 is 17.5 Å². The molecule has 24 heavy (non-hydrogen) atoms. The molecule has 0 radical (unpaired) electrons. The number of aromatic nitrogens is 2. The summed E-state index contributed by atoms with van der Waals surface area (Å²) in [6.45, 7) is 0.524. The van der Waals surface area contributed by atoms with Crippen LogP contribution in [0.2, 0.25) is 5.02 Å². The van der Waals surface area contributed by atoms with Gasteiger partial charge >= 0.3 is 0 Å². The Kier molecular flexibility index (Phi) is 5.15. The number of carbonyl (C=O) groups excluding carboxylic acids is 1. The van der Waals surface area contributed by atoms with E-state index < -0.39 is 0 Å². The number of fused-ring (bicyclic) bond motifs is 1.